The van der Waals surface area contributed by atoms with Crippen molar-refractivity contribution in [1.29, 1.82) is 0 Å². The number of carbonyl (C=O) groups is 2. The van der Waals surface area contributed by atoms with Crippen molar-refractivity contribution in [2.75, 3.05) is 38.7 Å². The number of urea groups is 1. The molecule has 0 spiro atoms. The van der Waals surface area contributed by atoms with E-state index < -0.39 is 30.7 Å². The van der Waals surface area contributed by atoms with Crippen LogP contribution in [-0.4, -0.2) is 67.7 Å². The maximum absolute atomic E-state index is 13.0. The molecule has 0 aromatic heterocycles. The predicted molar refractivity (Wildman–Crippen MR) is 137 cm³/mol. The molecule has 0 aliphatic carbocycles. The molecule has 11 heteroatoms. The van der Waals surface area contributed by atoms with Crippen molar-refractivity contribution in [3.63, 3.8) is 0 Å². The molecule has 0 heterocycles. The summed E-state index contributed by atoms with van der Waals surface area (Å²) in [6, 6.07) is 13.4. The molecule has 1 unspecified atom stereocenters. The van der Waals surface area contributed by atoms with Crippen LogP contribution in [0.25, 0.3) is 0 Å². The summed E-state index contributed by atoms with van der Waals surface area (Å²) >= 11 is 0. The molecule has 2 amide bonds. The average molecular weight is 541 g/mol. The lowest BCUT2D eigenvalue weighted by atomic mass is 10.1. The number of hydrogen-bond donors (Lipinski definition) is 2. The van der Waals surface area contributed by atoms with Crippen LogP contribution in [0.1, 0.15) is 38.2 Å². The molecule has 0 fully saturated rings. The van der Waals surface area contributed by atoms with E-state index in [0.29, 0.717) is 36.6 Å². The van der Waals surface area contributed by atoms with Gasteiger partial charge in [-0.15, -0.1) is 0 Å². The first-order chi connectivity index (χ1) is 18.1. The van der Waals surface area contributed by atoms with Gasteiger partial charge in [-0.25, -0.2) is 9.59 Å². The first-order valence-electron chi connectivity index (χ1n) is 12.4. The molecule has 0 saturated heterocycles. The van der Waals surface area contributed by atoms with Gasteiger partial charge < -0.3 is 29.5 Å². The van der Waals surface area contributed by atoms with Crippen LogP contribution >= 0.6 is 0 Å². The Morgan fingerprint density at radius 1 is 1.03 bits per heavy atom. The van der Waals surface area contributed by atoms with Crippen LogP contribution in [0.2, 0.25) is 0 Å². The maximum atomic E-state index is 13.0. The Balaban J connectivity index is 1.95. The van der Waals surface area contributed by atoms with Gasteiger partial charge in [0.25, 0.3) is 0 Å². The highest BCUT2D eigenvalue weighted by Crippen LogP contribution is 2.24. The number of methoxy groups -OCH3 is 1. The van der Waals surface area contributed by atoms with Gasteiger partial charge in [0, 0.05) is 26.0 Å². The van der Waals surface area contributed by atoms with E-state index in [1.165, 1.54) is 12.0 Å². The molecule has 0 saturated carbocycles. The van der Waals surface area contributed by atoms with Crippen LogP contribution in [0.4, 0.5) is 23.7 Å². The number of unbranched alkanes of at least 4 members (excludes halogenated alkanes) is 2. The second kappa shape index (κ2) is 15.7. The minimum Gasteiger partial charge on any atom is -0.495 e. The topological polar surface area (TPSA) is 97.3 Å². The zero-order valence-corrected chi connectivity index (χ0v) is 21.6. The normalized spacial score (nSPS) is 12.0. The number of anilines is 1. The number of ether oxygens (including phenoxy) is 3. The highest BCUT2D eigenvalue weighted by molar-refractivity contribution is 5.91. The van der Waals surface area contributed by atoms with Gasteiger partial charge in [-0.05, 0) is 49.6 Å². The summed E-state index contributed by atoms with van der Waals surface area (Å²) in [7, 11) is 1.49. The first-order valence-corrected chi connectivity index (χ1v) is 12.4. The number of carboxylic acids is 1. The fraction of sp³-hybridized carbons (Fsp3) is 0.481. The van der Waals surface area contributed by atoms with Gasteiger partial charge >= 0.3 is 18.2 Å². The number of alkyl halides is 3. The van der Waals surface area contributed by atoms with Crippen molar-refractivity contribution in [1.82, 2.24) is 4.90 Å². The summed E-state index contributed by atoms with van der Waals surface area (Å²) in [5, 5.41) is 12.0. The molecule has 2 rings (SSSR count). The number of nitrogens with zero attached hydrogens (tertiary/aromatic N) is 1. The van der Waals surface area contributed by atoms with Crippen molar-refractivity contribution in [3.05, 3.63) is 54.1 Å². The van der Waals surface area contributed by atoms with Crippen LogP contribution in [0.3, 0.4) is 0 Å². The van der Waals surface area contributed by atoms with Crippen molar-refractivity contribution in [2.24, 2.45) is 0 Å². The molecule has 1 atom stereocenters. The Kier molecular flexibility index (Phi) is 12.7. The fourth-order valence-corrected chi connectivity index (χ4v) is 3.69. The molecule has 0 aliphatic heterocycles. The monoisotopic (exact) mass is 540 g/mol. The molecule has 0 aliphatic rings. The van der Waals surface area contributed by atoms with E-state index in [-0.39, 0.29) is 32.5 Å². The van der Waals surface area contributed by atoms with Gasteiger partial charge in [0.05, 0.1) is 19.3 Å². The molecule has 210 valence electrons. The fourth-order valence-electron chi connectivity index (χ4n) is 3.69. The summed E-state index contributed by atoms with van der Waals surface area (Å²) in [5.74, 6) is -0.0128. The van der Waals surface area contributed by atoms with Gasteiger partial charge in [0.15, 0.2) is 6.10 Å². The lowest BCUT2D eigenvalue weighted by molar-refractivity contribution is -0.150. The molecule has 0 bridgehead atoms. The van der Waals surface area contributed by atoms with Crippen LogP contribution in [-0.2, 0) is 16.0 Å². The number of rotatable bonds is 16. The predicted octanol–water partition coefficient (Wildman–Crippen LogP) is 5.76. The smallest absolute Gasteiger partial charge is 0.389 e. The van der Waals surface area contributed by atoms with Crippen LogP contribution in [0, 0.1) is 0 Å². The van der Waals surface area contributed by atoms with E-state index in [2.05, 4.69) is 5.32 Å². The molecule has 2 aromatic carbocycles. The van der Waals surface area contributed by atoms with Gasteiger partial charge in [-0.3, -0.25) is 0 Å². The molecule has 8 nitrogen and oxygen atoms in total. The number of hydrogen-bond acceptors (Lipinski definition) is 5. The van der Waals surface area contributed by atoms with Gasteiger partial charge in [0.2, 0.25) is 0 Å². The van der Waals surface area contributed by atoms with Gasteiger partial charge in [0.1, 0.15) is 18.1 Å². The minimum absolute atomic E-state index is 0.000345. The Bertz CT molecular complexity index is 1000. The Morgan fingerprint density at radius 3 is 2.37 bits per heavy atom. The van der Waals surface area contributed by atoms with Crippen molar-refractivity contribution in [3.8, 4) is 11.5 Å². The minimum atomic E-state index is -4.19. The summed E-state index contributed by atoms with van der Waals surface area (Å²) < 4.78 is 53.6. The van der Waals surface area contributed by atoms with E-state index in [4.69, 9.17) is 14.2 Å². The molecule has 2 aromatic rings. The summed E-state index contributed by atoms with van der Waals surface area (Å²) in [6.07, 6.45) is -5.01. The Labute approximate surface area is 220 Å². The second-order valence-electron chi connectivity index (χ2n) is 8.52. The summed E-state index contributed by atoms with van der Waals surface area (Å²) in [4.78, 5) is 25.7. The average Bonchev–Trinajstić information content (AvgIpc) is 2.87. The first kappa shape index (κ1) is 30.8. The SMILES string of the molecule is CCOC(Cc1ccc(OCCN(CCCCCC(F)(F)F)C(=O)Nc2ccccc2OC)cc1)C(=O)O. The standard InChI is InChI=1S/C27H35F3N2O6/c1-3-37-24(25(33)34)19-20-11-13-21(14-12-20)38-18-17-32(16-8-4-7-15-27(28,29)30)26(35)31-22-9-5-6-10-23(22)36-2/h5-6,9-14,24H,3-4,7-8,15-19H2,1-2H3,(H,31,35)(H,33,34). The zero-order valence-electron chi connectivity index (χ0n) is 21.6. The van der Waals surface area contributed by atoms with E-state index in [9.17, 15) is 27.9 Å². The number of carboxylic acid groups (broad SMARTS) is 1. The molecule has 2 N–H and O–H groups in total. The number of para-hydroxylation sites is 2. The molecular formula is C27H35F3N2O6. The number of halogens is 3. The number of carbonyl (C=O) groups excluding carboxylic acids is 1. The van der Waals surface area contributed by atoms with Crippen molar-refractivity contribution in [2.45, 2.75) is 51.3 Å². The number of aliphatic carboxylic acids is 1. The number of amides is 2. The highest BCUT2D eigenvalue weighted by Gasteiger charge is 2.26. The summed E-state index contributed by atoms with van der Waals surface area (Å²) in [5.41, 5.74) is 1.25. The molecular weight excluding hydrogens is 505 g/mol. The van der Waals surface area contributed by atoms with E-state index in [0.717, 1.165) is 5.56 Å². The lowest BCUT2D eigenvalue weighted by Gasteiger charge is -2.24. The lowest BCUT2D eigenvalue weighted by Crippen LogP contribution is -2.38. The van der Waals surface area contributed by atoms with Crippen molar-refractivity contribution >= 4 is 17.7 Å². The van der Waals surface area contributed by atoms with Gasteiger partial charge in [-0.1, -0.05) is 30.7 Å². The van der Waals surface area contributed by atoms with E-state index >= 15 is 0 Å². The Morgan fingerprint density at radius 2 is 1.74 bits per heavy atom. The van der Waals surface area contributed by atoms with Crippen molar-refractivity contribution < 1.29 is 42.1 Å². The second-order valence-corrected chi connectivity index (χ2v) is 8.52. The molecule has 0 radical (unpaired) electrons. The third-order valence-corrected chi connectivity index (χ3v) is 5.64. The summed E-state index contributed by atoms with van der Waals surface area (Å²) in [6.45, 7) is 2.64. The largest absolute Gasteiger partial charge is 0.495 e. The van der Waals surface area contributed by atoms with Gasteiger partial charge in [-0.2, -0.15) is 13.2 Å². The van der Waals surface area contributed by atoms with E-state index in [1.807, 2.05) is 0 Å². The zero-order chi connectivity index (χ0) is 28.0. The van der Waals surface area contributed by atoms with Crippen LogP contribution in [0.15, 0.2) is 48.5 Å². The third-order valence-electron chi connectivity index (χ3n) is 5.64. The quantitative estimate of drug-likeness (QED) is 0.263. The molecule has 38 heavy (non-hydrogen) atoms. The van der Waals surface area contributed by atoms with Crippen LogP contribution in [0.5, 0.6) is 11.5 Å². The number of benzene rings is 2. The highest BCUT2D eigenvalue weighted by atomic mass is 19.4. The maximum Gasteiger partial charge on any atom is 0.389 e. The number of nitrogens with one attached hydrogen (secondary N) is 1. The third kappa shape index (κ3) is 11.3. The van der Waals surface area contributed by atoms with Crippen LogP contribution < -0.4 is 14.8 Å². The Hall–Kier alpha value is -3.47. The van der Waals surface area contributed by atoms with E-state index in [1.54, 1.807) is 55.5 Å².